The molecule has 0 unspecified atom stereocenters. The predicted molar refractivity (Wildman–Crippen MR) is 81.5 cm³/mol. The first-order valence-corrected chi connectivity index (χ1v) is 6.65. The molecule has 4 nitrogen and oxygen atoms in total. The van der Waals surface area contributed by atoms with Crippen molar-refractivity contribution in [3.63, 3.8) is 0 Å². The van der Waals surface area contributed by atoms with Crippen molar-refractivity contribution < 1.29 is 4.42 Å². The summed E-state index contributed by atoms with van der Waals surface area (Å²) in [7, 11) is 0. The van der Waals surface area contributed by atoms with Gasteiger partial charge in [-0.25, -0.2) is 4.79 Å². The van der Waals surface area contributed by atoms with Gasteiger partial charge in [-0.05, 0) is 42.8 Å². The molecule has 2 aromatic heterocycles. The van der Waals surface area contributed by atoms with E-state index in [1.807, 2.05) is 49.4 Å². The average Bonchev–Trinajstić information content (AvgIpc) is 2.85. The smallest absolute Gasteiger partial charge is 0.362 e. The number of benzene rings is 1. The van der Waals surface area contributed by atoms with Gasteiger partial charge in [-0.15, -0.1) is 0 Å². The maximum Gasteiger partial charge on any atom is 0.362 e. The van der Waals surface area contributed by atoms with Crippen LogP contribution in [0, 0.1) is 0 Å². The molecule has 0 aliphatic heterocycles. The zero-order valence-electron chi connectivity index (χ0n) is 11.6. The Morgan fingerprint density at radius 3 is 2.62 bits per heavy atom. The maximum atomic E-state index is 12.1. The highest BCUT2D eigenvalue weighted by Crippen LogP contribution is 2.01. The predicted octanol–water partition coefficient (Wildman–Crippen LogP) is 1.45. The lowest BCUT2D eigenvalue weighted by molar-refractivity contribution is 0.478. The molecule has 0 radical (unpaired) electrons. The van der Waals surface area contributed by atoms with Gasteiger partial charge in [0.2, 0.25) is 5.55 Å². The molecule has 21 heavy (non-hydrogen) atoms. The molecule has 0 atom stereocenters. The Hall–Kier alpha value is -2.88. The molecule has 3 rings (SSSR count). The second-order valence-corrected chi connectivity index (χ2v) is 4.50. The minimum absolute atomic E-state index is 0.365. The summed E-state index contributed by atoms with van der Waals surface area (Å²) >= 11 is 0. The van der Waals surface area contributed by atoms with Crippen molar-refractivity contribution in [2.75, 3.05) is 0 Å². The summed E-state index contributed by atoms with van der Waals surface area (Å²) in [6.45, 7) is 1.84. The number of aromatic nitrogens is 2. The van der Waals surface area contributed by atoms with E-state index in [0.29, 0.717) is 10.9 Å². The van der Waals surface area contributed by atoms with E-state index in [9.17, 15) is 4.79 Å². The van der Waals surface area contributed by atoms with Crippen molar-refractivity contribution in [1.82, 2.24) is 9.55 Å². The molecule has 0 aliphatic carbocycles. The third-order valence-corrected chi connectivity index (χ3v) is 3.12. The second kappa shape index (κ2) is 5.63. The van der Waals surface area contributed by atoms with Crippen LogP contribution < -0.4 is 16.5 Å². The molecule has 0 N–H and O–H groups in total. The van der Waals surface area contributed by atoms with Gasteiger partial charge in [0.05, 0.1) is 0 Å². The molecule has 3 aromatic rings. The molecule has 2 heterocycles. The molecule has 0 saturated carbocycles. The van der Waals surface area contributed by atoms with E-state index < -0.39 is 0 Å². The lowest BCUT2D eigenvalue weighted by Gasteiger charge is -2.01. The Morgan fingerprint density at radius 1 is 1.14 bits per heavy atom. The number of para-hydroxylation sites is 1. The van der Waals surface area contributed by atoms with Crippen LogP contribution in [-0.4, -0.2) is 9.55 Å². The lowest BCUT2D eigenvalue weighted by Crippen LogP contribution is -2.30. The first-order valence-electron chi connectivity index (χ1n) is 6.65. The Morgan fingerprint density at radius 2 is 1.95 bits per heavy atom. The van der Waals surface area contributed by atoms with Gasteiger partial charge in [0, 0.05) is 18.1 Å². The highest BCUT2D eigenvalue weighted by molar-refractivity contribution is 5.47. The van der Waals surface area contributed by atoms with Crippen molar-refractivity contribution in [1.29, 1.82) is 0 Å². The number of hydrogen-bond donors (Lipinski definition) is 0. The van der Waals surface area contributed by atoms with Crippen molar-refractivity contribution in [3.8, 4) is 5.69 Å². The third kappa shape index (κ3) is 2.56. The van der Waals surface area contributed by atoms with Gasteiger partial charge < -0.3 is 4.42 Å². The summed E-state index contributed by atoms with van der Waals surface area (Å²) in [6, 6.07) is 13.4. The molecule has 4 heteroatoms. The van der Waals surface area contributed by atoms with Gasteiger partial charge in [-0.2, -0.15) is 0 Å². The Balaban J connectivity index is 2.35. The summed E-state index contributed by atoms with van der Waals surface area (Å²) < 4.78 is 7.12. The van der Waals surface area contributed by atoms with Crippen molar-refractivity contribution >= 4 is 12.2 Å². The molecule has 0 saturated heterocycles. The number of oxazole rings is 1. The Bertz CT molecular complexity index is 907. The van der Waals surface area contributed by atoms with Gasteiger partial charge >= 0.3 is 5.63 Å². The van der Waals surface area contributed by atoms with E-state index >= 15 is 0 Å². The molecule has 1 aromatic carbocycles. The van der Waals surface area contributed by atoms with Crippen LogP contribution in [0.15, 0.2) is 64.1 Å². The van der Waals surface area contributed by atoms with Crippen LogP contribution in [0.25, 0.3) is 17.8 Å². The van der Waals surface area contributed by atoms with E-state index in [0.717, 1.165) is 11.3 Å². The van der Waals surface area contributed by atoms with Gasteiger partial charge in [0.1, 0.15) is 5.35 Å². The number of pyridine rings is 1. The van der Waals surface area contributed by atoms with Gasteiger partial charge in [-0.1, -0.05) is 24.3 Å². The zero-order chi connectivity index (χ0) is 14.7. The van der Waals surface area contributed by atoms with E-state index in [4.69, 9.17) is 4.42 Å². The van der Waals surface area contributed by atoms with E-state index in [1.54, 1.807) is 29.1 Å². The van der Waals surface area contributed by atoms with Gasteiger partial charge in [0.15, 0.2) is 0 Å². The largest absolute Gasteiger partial charge is 0.405 e. The second-order valence-electron chi connectivity index (χ2n) is 4.50. The third-order valence-electron chi connectivity index (χ3n) is 3.12. The van der Waals surface area contributed by atoms with Crippen LogP contribution in [0.2, 0.25) is 0 Å². The van der Waals surface area contributed by atoms with Gasteiger partial charge in [-0.3, -0.25) is 9.55 Å². The molecular formula is C17H14N2O2. The molecule has 0 amide bonds. The maximum absolute atomic E-state index is 12.1. The van der Waals surface area contributed by atoms with Crippen molar-refractivity contribution in [2.24, 2.45) is 0 Å². The first kappa shape index (κ1) is 13.1. The fourth-order valence-corrected chi connectivity index (χ4v) is 2.18. The summed E-state index contributed by atoms with van der Waals surface area (Å²) in [4.78, 5) is 16.2. The van der Waals surface area contributed by atoms with Crippen LogP contribution in [0.3, 0.4) is 0 Å². The first-order chi connectivity index (χ1) is 10.3. The number of hydrogen-bond acceptors (Lipinski definition) is 3. The molecule has 0 fully saturated rings. The quantitative estimate of drug-likeness (QED) is 0.713. The van der Waals surface area contributed by atoms with Gasteiger partial charge in [0.25, 0.3) is 0 Å². The summed E-state index contributed by atoms with van der Waals surface area (Å²) in [5, 5.41) is 0.474. The summed E-state index contributed by atoms with van der Waals surface area (Å²) in [6.07, 6.45) is 6.95. The highest BCUT2D eigenvalue weighted by Gasteiger charge is 2.07. The fourth-order valence-electron chi connectivity index (χ4n) is 2.18. The Kier molecular flexibility index (Phi) is 3.51. The van der Waals surface area contributed by atoms with E-state index in [1.165, 1.54) is 0 Å². The van der Waals surface area contributed by atoms with Crippen LogP contribution >= 0.6 is 0 Å². The SMILES string of the molecule is CC=c1oc(=O)/c(=C/c2cccnc2)n1-c1ccccc1. The molecule has 104 valence electrons. The number of rotatable bonds is 2. The minimum Gasteiger partial charge on any atom is -0.405 e. The normalized spacial score (nSPS) is 12.8. The molecule has 0 bridgehead atoms. The monoisotopic (exact) mass is 278 g/mol. The minimum atomic E-state index is -0.365. The van der Waals surface area contributed by atoms with Crippen LogP contribution in [-0.2, 0) is 0 Å². The fraction of sp³-hybridized carbons (Fsp3) is 0.0588. The topological polar surface area (TPSA) is 48.0 Å². The Labute approximate surface area is 121 Å². The van der Waals surface area contributed by atoms with Crippen LogP contribution in [0.1, 0.15) is 12.5 Å². The lowest BCUT2D eigenvalue weighted by atomic mass is 10.2. The van der Waals surface area contributed by atoms with E-state index in [2.05, 4.69) is 4.98 Å². The molecule has 0 spiro atoms. The highest BCUT2D eigenvalue weighted by atomic mass is 16.4. The number of nitrogens with zero attached hydrogens (tertiary/aromatic N) is 2. The van der Waals surface area contributed by atoms with Crippen molar-refractivity contribution in [2.45, 2.75) is 6.92 Å². The summed E-state index contributed by atoms with van der Waals surface area (Å²) in [5.74, 6) is 0. The van der Waals surface area contributed by atoms with Crippen LogP contribution in [0.4, 0.5) is 0 Å². The molecule has 0 aliphatic rings. The standard InChI is InChI=1S/C17H14N2O2/c1-2-16-19(14-8-4-3-5-9-14)15(17(20)21-16)11-13-7-6-10-18-12-13/h2-12H,1H3/b15-11-,16-2?. The zero-order valence-corrected chi connectivity index (χ0v) is 11.6. The van der Waals surface area contributed by atoms with Crippen LogP contribution in [0.5, 0.6) is 0 Å². The molecular weight excluding hydrogens is 264 g/mol. The average molecular weight is 278 g/mol. The van der Waals surface area contributed by atoms with Crippen molar-refractivity contribution in [3.05, 3.63) is 81.7 Å². The summed E-state index contributed by atoms with van der Waals surface area (Å²) in [5.41, 5.74) is 1.88. The van der Waals surface area contributed by atoms with E-state index in [-0.39, 0.29) is 5.63 Å².